The highest BCUT2D eigenvalue weighted by Gasteiger charge is 1.66. The Kier molecular flexibility index (Phi) is 893. The van der Waals surface area contributed by atoms with Gasteiger partial charge in [-0.3, -0.25) is 0 Å². The number of hydrogen-bond donors (Lipinski definition) is 3. The fourth-order valence-electron chi connectivity index (χ4n) is 0. The largest absolute Gasteiger partial charge is 0.412 e. The highest BCUT2D eigenvalue weighted by molar-refractivity contribution is 5.75. The summed E-state index contributed by atoms with van der Waals surface area (Å²) in [6.07, 6.45) is 0. The van der Waals surface area contributed by atoms with Gasteiger partial charge in [0.05, 0.1) is 0 Å². The predicted molar refractivity (Wildman–Crippen MR) is 64.6 cm³/mol. The van der Waals surface area contributed by atoms with Gasteiger partial charge in [0.2, 0.25) is 0 Å². The van der Waals surface area contributed by atoms with Gasteiger partial charge in [-0.25, -0.2) is 0 Å². The van der Waals surface area contributed by atoms with E-state index in [-0.39, 0.29) is 66.6 Å². The van der Waals surface area contributed by atoms with Crippen LogP contribution in [0.25, 0.3) is 0 Å². The average Bonchev–Trinajstić information content (AvgIpc) is 1.54. The van der Waals surface area contributed by atoms with Crippen LogP contribution in [-0.4, -0.2) is 97.5 Å². The van der Waals surface area contributed by atoms with E-state index in [0.717, 1.165) is 0 Å². The van der Waals surface area contributed by atoms with Crippen molar-refractivity contribution in [3.05, 3.63) is 30.3 Å². The molecule has 0 saturated carbocycles. The monoisotopic (exact) mass is 378 g/mol. The van der Waals surface area contributed by atoms with Gasteiger partial charge in [0.1, 0.15) is 0 Å². The molecule has 21 nitrogen and oxygen atoms in total. The van der Waals surface area contributed by atoms with Crippen LogP contribution in [0, 0.1) is 30.3 Å². The first kappa shape index (κ1) is 152. The van der Waals surface area contributed by atoms with Crippen molar-refractivity contribution in [1.82, 2.24) is 0 Å². The quantitative estimate of drug-likeness (QED) is 0.204. The minimum Gasteiger partial charge on any atom is -0.412 e. The van der Waals surface area contributed by atoms with E-state index < -0.39 is 15.3 Å². The first-order valence-corrected chi connectivity index (χ1v) is 1.70. The molecule has 3 radical (unpaired) electrons. The molecular weight excluding hydrogens is 357 g/mol. The first-order valence-electron chi connectivity index (χ1n) is 1.70. The van der Waals surface area contributed by atoms with Gasteiger partial charge in [0.15, 0.2) is 0 Å². The molecule has 0 bridgehead atoms. The Labute approximate surface area is 129 Å². The second-order valence-electron chi connectivity index (χ2n) is 0.714. The molecule has 0 spiro atoms. The van der Waals surface area contributed by atoms with E-state index in [1.54, 1.807) is 0 Å². The molecule has 0 aliphatic heterocycles. The van der Waals surface area contributed by atoms with Crippen LogP contribution in [0.5, 0.6) is 0 Å². The summed E-state index contributed by atoms with van der Waals surface area (Å²) in [6.45, 7) is 0. The van der Waals surface area contributed by atoms with Crippen LogP contribution in [0.1, 0.15) is 0 Å². The van der Waals surface area contributed by atoms with Crippen LogP contribution in [0.15, 0.2) is 0 Å². The van der Waals surface area contributed by atoms with Crippen LogP contribution < -0.4 is 0 Å². The fourth-order valence-corrected chi connectivity index (χ4v) is 0. The van der Waals surface area contributed by atoms with E-state index in [1.807, 2.05) is 0 Å². The third-order valence-corrected chi connectivity index (χ3v) is 0. The number of nitrogens with zero attached hydrogens (tertiary/aromatic N) is 3. The maximum absolute atomic E-state index is 8.36. The van der Waals surface area contributed by atoms with E-state index in [9.17, 15) is 0 Å². The number of rotatable bonds is 0. The second kappa shape index (κ2) is 129. The lowest BCUT2D eigenvalue weighted by Gasteiger charge is -1.56. The molecule has 0 fully saturated rings. The van der Waals surface area contributed by atoms with Gasteiger partial charge >= 0.3 is 0 Å². The van der Waals surface area contributed by atoms with Crippen LogP contribution in [0.3, 0.4) is 0 Å². The molecule has 0 unspecified atom stereocenters. The molecule has 0 aliphatic rings. The van der Waals surface area contributed by atoms with E-state index in [1.165, 1.54) is 0 Å². The van der Waals surface area contributed by atoms with Gasteiger partial charge in [0, 0.05) is 17.4 Å². The summed E-state index contributed by atoms with van der Waals surface area (Å²) in [7, 11) is 0. The van der Waals surface area contributed by atoms with Crippen molar-refractivity contribution in [2.24, 2.45) is 0 Å². The molecule has 0 atom stereocenters. The van der Waals surface area contributed by atoms with E-state index in [2.05, 4.69) is 0 Å². The Bertz CT molecular complexity index is 116. The average molecular weight is 378 g/mol. The predicted octanol–water partition coefficient (Wildman–Crippen LogP) is -8.85. The SMILES string of the molecule is O.O.O.O.O.O.O.O.O.O=[N+]([O-])O.O=[N+]([O-])O.O=[N+]([O-])O.[Al]. The Morgan fingerprint density at radius 3 is 0.455 bits per heavy atom. The lowest BCUT2D eigenvalue weighted by molar-refractivity contribution is -0.742. The van der Waals surface area contributed by atoms with E-state index in [4.69, 9.17) is 46.0 Å². The molecule has 0 aromatic carbocycles. The number of hydrogen-bond acceptors (Lipinski definition) is 6. The molecule has 22 heteroatoms. The molecule has 21 N–H and O–H groups in total. The van der Waals surface area contributed by atoms with Crippen molar-refractivity contribution in [3.63, 3.8) is 0 Å². The normalized spacial score (nSPS) is 3.27. The molecule has 0 heterocycles. The van der Waals surface area contributed by atoms with Crippen molar-refractivity contribution in [3.8, 4) is 0 Å². The Balaban J connectivity index is -0.00000000409. The molecule has 0 saturated heterocycles. The topological polar surface area (TPSA) is 474 Å². The summed E-state index contributed by atoms with van der Waals surface area (Å²) in [6, 6.07) is 0. The summed E-state index contributed by atoms with van der Waals surface area (Å²) in [5, 5.41) is 40.9. The van der Waals surface area contributed by atoms with Gasteiger partial charge < -0.3 is 64.9 Å². The van der Waals surface area contributed by atoms with Gasteiger partial charge in [-0.05, 0) is 0 Å². The van der Waals surface area contributed by atoms with Gasteiger partial charge in [-0.15, -0.1) is 30.3 Å². The second-order valence-corrected chi connectivity index (χ2v) is 0.714. The van der Waals surface area contributed by atoms with Crippen molar-refractivity contribution < 1.29 is 80.2 Å². The lowest BCUT2D eigenvalue weighted by atomic mass is 13.1. The minimum atomic E-state index is -1.50. The maximum Gasteiger partial charge on any atom is 0.291 e. The van der Waals surface area contributed by atoms with Crippen molar-refractivity contribution in [2.75, 3.05) is 0 Å². The van der Waals surface area contributed by atoms with Gasteiger partial charge in [-0.2, -0.15) is 0 Å². The zero-order chi connectivity index (χ0) is 10.7. The zero-order valence-electron chi connectivity index (χ0n) is 10.2. The zero-order valence-corrected chi connectivity index (χ0v) is 11.4. The van der Waals surface area contributed by atoms with Gasteiger partial charge in [-0.1, -0.05) is 0 Å². The fraction of sp³-hybridized carbons (Fsp3) is 0. The minimum absolute atomic E-state index is 0. The van der Waals surface area contributed by atoms with Crippen molar-refractivity contribution >= 4 is 17.4 Å². The van der Waals surface area contributed by atoms with E-state index >= 15 is 0 Å². The summed E-state index contributed by atoms with van der Waals surface area (Å²) in [5.41, 5.74) is 0. The molecule has 22 heavy (non-hydrogen) atoms. The Morgan fingerprint density at radius 2 is 0.455 bits per heavy atom. The molecule has 147 valence electrons. The van der Waals surface area contributed by atoms with Crippen LogP contribution in [0.4, 0.5) is 0 Å². The molecule has 0 rings (SSSR count). The highest BCUT2D eigenvalue weighted by Crippen LogP contribution is 1.39. The van der Waals surface area contributed by atoms with Crippen molar-refractivity contribution in [1.29, 1.82) is 0 Å². The van der Waals surface area contributed by atoms with Crippen molar-refractivity contribution in [2.45, 2.75) is 0 Å². The van der Waals surface area contributed by atoms with Crippen LogP contribution >= 0.6 is 0 Å². The lowest BCUT2D eigenvalue weighted by Crippen LogP contribution is -1.81. The van der Waals surface area contributed by atoms with E-state index in [0.29, 0.717) is 0 Å². The summed E-state index contributed by atoms with van der Waals surface area (Å²) in [4.78, 5) is 25.1. The van der Waals surface area contributed by atoms with Crippen LogP contribution in [-0.2, 0) is 0 Å². The standard InChI is InChI=1S/Al.3HNO3.9H2O/c;3*2-1(3)4;;;;;;;;;/h;3*(H,2,3,4);9*1H2. The molecule has 0 amide bonds. The summed E-state index contributed by atoms with van der Waals surface area (Å²) in [5.74, 6) is 0. The third kappa shape index (κ3) is 1010. The maximum atomic E-state index is 8.36. The Morgan fingerprint density at radius 1 is 0.455 bits per heavy atom. The third-order valence-electron chi connectivity index (χ3n) is 0. The molecular formula is H21AlN3O18. The smallest absolute Gasteiger partial charge is 0.291 e. The molecule has 0 aliphatic carbocycles. The molecule has 0 aromatic rings. The first-order chi connectivity index (χ1) is 5.20. The summed E-state index contributed by atoms with van der Waals surface area (Å²) < 4.78 is 0. The summed E-state index contributed by atoms with van der Waals surface area (Å²) >= 11 is 0. The Hall–Kier alpha value is -2.23. The van der Waals surface area contributed by atoms with Crippen LogP contribution in [0.2, 0.25) is 0 Å². The van der Waals surface area contributed by atoms with Gasteiger partial charge in [0.25, 0.3) is 15.3 Å². The molecule has 0 aromatic heterocycles. The highest BCUT2D eigenvalue weighted by atomic mass is 27.0.